The van der Waals surface area contributed by atoms with E-state index < -0.39 is 9.84 Å². The van der Waals surface area contributed by atoms with Gasteiger partial charge in [0, 0.05) is 25.3 Å². The molecule has 1 aromatic carbocycles. The first kappa shape index (κ1) is 17.4. The standard InChI is InChI=1S/C13H21N3O4S/c1-10(9-20-2)15-6-7-21(18,19)12-5-3-4-11(8-12)13(14)16-17/h3-5,8,10,15,17H,6-7,9H2,1-2H3,(H2,14,16). The SMILES string of the molecule is COCC(C)NCCS(=O)(=O)c1cccc(/C(N)=N/O)c1. The minimum atomic E-state index is -3.43. The molecule has 0 amide bonds. The summed E-state index contributed by atoms with van der Waals surface area (Å²) in [7, 11) is -1.84. The van der Waals surface area contributed by atoms with Gasteiger partial charge in [-0.05, 0) is 19.1 Å². The molecular formula is C13H21N3O4S. The van der Waals surface area contributed by atoms with Gasteiger partial charge in [-0.15, -0.1) is 0 Å². The second-order valence-corrected chi connectivity index (χ2v) is 6.75. The maximum absolute atomic E-state index is 12.2. The lowest BCUT2D eigenvalue weighted by Crippen LogP contribution is -2.34. The topological polar surface area (TPSA) is 114 Å². The van der Waals surface area contributed by atoms with E-state index in [0.717, 1.165) is 0 Å². The predicted molar refractivity (Wildman–Crippen MR) is 80.3 cm³/mol. The zero-order valence-electron chi connectivity index (χ0n) is 12.1. The summed E-state index contributed by atoms with van der Waals surface area (Å²) in [4.78, 5) is 0.146. The molecule has 1 atom stereocenters. The fourth-order valence-corrected chi connectivity index (χ4v) is 2.99. The summed E-state index contributed by atoms with van der Waals surface area (Å²) in [6, 6.07) is 6.09. The molecule has 0 heterocycles. The summed E-state index contributed by atoms with van der Waals surface area (Å²) in [6.45, 7) is 2.74. The van der Waals surface area contributed by atoms with Gasteiger partial charge in [0.25, 0.3) is 0 Å². The Kier molecular flexibility index (Phi) is 6.60. The average molecular weight is 315 g/mol. The van der Waals surface area contributed by atoms with Crippen molar-refractivity contribution < 1.29 is 18.4 Å². The van der Waals surface area contributed by atoms with E-state index in [0.29, 0.717) is 18.7 Å². The number of amidine groups is 1. The van der Waals surface area contributed by atoms with Crippen LogP contribution in [0.15, 0.2) is 34.3 Å². The molecule has 1 rings (SSSR count). The minimum absolute atomic E-state index is 0.0410. The van der Waals surface area contributed by atoms with Crippen molar-refractivity contribution >= 4 is 15.7 Å². The maximum Gasteiger partial charge on any atom is 0.179 e. The molecule has 7 nitrogen and oxygen atoms in total. The van der Waals surface area contributed by atoms with Crippen LogP contribution in [0.2, 0.25) is 0 Å². The molecule has 1 unspecified atom stereocenters. The van der Waals surface area contributed by atoms with E-state index in [1.165, 1.54) is 12.1 Å². The second-order valence-electron chi connectivity index (χ2n) is 4.64. The molecule has 0 bridgehead atoms. The number of nitrogens with one attached hydrogen (secondary N) is 1. The van der Waals surface area contributed by atoms with Gasteiger partial charge in [0.15, 0.2) is 15.7 Å². The van der Waals surface area contributed by atoms with E-state index in [9.17, 15) is 8.42 Å². The second kappa shape index (κ2) is 7.96. The van der Waals surface area contributed by atoms with Crippen LogP contribution >= 0.6 is 0 Å². The normalized spacial score (nSPS) is 14.1. The summed E-state index contributed by atoms with van der Waals surface area (Å²) >= 11 is 0. The molecule has 0 saturated carbocycles. The Balaban J connectivity index is 2.75. The Morgan fingerprint density at radius 2 is 2.24 bits per heavy atom. The number of rotatable bonds is 8. The molecule has 21 heavy (non-hydrogen) atoms. The van der Waals surface area contributed by atoms with Crippen LogP contribution in [0.5, 0.6) is 0 Å². The summed E-state index contributed by atoms with van der Waals surface area (Å²) in [6.07, 6.45) is 0. The van der Waals surface area contributed by atoms with E-state index >= 15 is 0 Å². The van der Waals surface area contributed by atoms with Crippen LogP contribution in [-0.4, -0.2) is 51.5 Å². The molecule has 1 aromatic rings. The van der Waals surface area contributed by atoms with Gasteiger partial charge in [0.05, 0.1) is 17.3 Å². The van der Waals surface area contributed by atoms with Crippen LogP contribution in [0, 0.1) is 0 Å². The first-order valence-electron chi connectivity index (χ1n) is 6.43. The molecule has 0 aliphatic heterocycles. The Labute approximate surface area is 124 Å². The van der Waals surface area contributed by atoms with Crippen LogP contribution in [0.4, 0.5) is 0 Å². The van der Waals surface area contributed by atoms with Crippen LogP contribution < -0.4 is 11.1 Å². The average Bonchev–Trinajstić information content (AvgIpc) is 2.46. The van der Waals surface area contributed by atoms with E-state index in [4.69, 9.17) is 15.7 Å². The summed E-state index contributed by atoms with van der Waals surface area (Å²) in [5.74, 6) is -0.167. The number of hydrogen-bond donors (Lipinski definition) is 3. The Morgan fingerprint density at radius 1 is 1.52 bits per heavy atom. The largest absolute Gasteiger partial charge is 0.409 e. The molecule has 0 fully saturated rings. The van der Waals surface area contributed by atoms with Gasteiger partial charge in [-0.3, -0.25) is 0 Å². The first-order chi connectivity index (χ1) is 9.90. The van der Waals surface area contributed by atoms with Crippen LogP contribution in [0.25, 0.3) is 0 Å². The number of sulfone groups is 1. The van der Waals surface area contributed by atoms with Crippen molar-refractivity contribution in [2.75, 3.05) is 26.0 Å². The maximum atomic E-state index is 12.2. The van der Waals surface area contributed by atoms with E-state index in [-0.39, 0.29) is 22.5 Å². The van der Waals surface area contributed by atoms with Crippen LogP contribution in [0.3, 0.4) is 0 Å². The number of oxime groups is 1. The molecule has 0 saturated heterocycles. The predicted octanol–water partition coefficient (Wildman–Crippen LogP) is 0.179. The number of hydrogen-bond acceptors (Lipinski definition) is 6. The molecule has 0 radical (unpaired) electrons. The number of ether oxygens (including phenoxy) is 1. The van der Waals surface area contributed by atoms with Gasteiger partial charge in [-0.1, -0.05) is 17.3 Å². The minimum Gasteiger partial charge on any atom is -0.409 e. The highest BCUT2D eigenvalue weighted by molar-refractivity contribution is 7.91. The third-order valence-corrected chi connectivity index (χ3v) is 4.59. The van der Waals surface area contributed by atoms with Crippen molar-refractivity contribution in [3.63, 3.8) is 0 Å². The van der Waals surface area contributed by atoms with Gasteiger partial charge in [-0.2, -0.15) is 0 Å². The van der Waals surface area contributed by atoms with Crippen LogP contribution in [0.1, 0.15) is 12.5 Å². The summed E-state index contributed by atoms with van der Waals surface area (Å²) in [5.41, 5.74) is 5.82. The molecule has 0 spiro atoms. The van der Waals surface area contributed by atoms with Crippen molar-refractivity contribution in [1.82, 2.24) is 5.32 Å². The first-order valence-corrected chi connectivity index (χ1v) is 8.09. The lowest BCUT2D eigenvalue weighted by molar-refractivity contribution is 0.173. The van der Waals surface area contributed by atoms with Gasteiger partial charge < -0.3 is 21.0 Å². The van der Waals surface area contributed by atoms with Crippen molar-refractivity contribution in [3.8, 4) is 0 Å². The number of benzene rings is 1. The van der Waals surface area contributed by atoms with Crippen molar-refractivity contribution in [2.24, 2.45) is 10.9 Å². The van der Waals surface area contributed by atoms with Gasteiger partial charge in [-0.25, -0.2) is 8.42 Å². The number of nitrogens with two attached hydrogens (primary N) is 1. The van der Waals surface area contributed by atoms with Crippen LogP contribution in [-0.2, 0) is 14.6 Å². The van der Waals surface area contributed by atoms with Gasteiger partial charge in [0.1, 0.15) is 0 Å². The Hall–Kier alpha value is -1.64. The summed E-state index contributed by atoms with van der Waals surface area (Å²) in [5, 5.41) is 14.6. The van der Waals surface area contributed by atoms with Gasteiger partial charge in [0.2, 0.25) is 0 Å². The molecule has 0 aliphatic rings. The van der Waals surface area contributed by atoms with Crippen molar-refractivity contribution in [3.05, 3.63) is 29.8 Å². The highest BCUT2D eigenvalue weighted by Gasteiger charge is 2.15. The third kappa shape index (κ3) is 5.33. The number of nitrogens with zero attached hydrogens (tertiary/aromatic N) is 1. The lowest BCUT2D eigenvalue weighted by Gasteiger charge is -2.12. The molecule has 8 heteroatoms. The lowest BCUT2D eigenvalue weighted by atomic mass is 10.2. The summed E-state index contributed by atoms with van der Waals surface area (Å²) < 4.78 is 29.4. The highest BCUT2D eigenvalue weighted by atomic mass is 32.2. The fraction of sp³-hybridized carbons (Fsp3) is 0.462. The van der Waals surface area contributed by atoms with Crippen molar-refractivity contribution in [2.45, 2.75) is 17.9 Å². The number of methoxy groups -OCH3 is 1. The van der Waals surface area contributed by atoms with E-state index in [1.54, 1.807) is 19.2 Å². The molecule has 4 N–H and O–H groups in total. The molecule has 0 aliphatic carbocycles. The smallest absolute Gasteiger partial charge is 0.179 e. The van der Waals surface area contributed by atoms with E-state index in [2.05, 4.69) is 10.5 Å². The molecule has 0 aromatic heterocycles. The zero-order chi connectivity index (χ0) is 15.9. The Morgan fingerprint density at radius 3 is 2.86 bits per heavy atom. The Bertz CT molecular complexity index is 587. The monoisotopic (exact) mass is 315 g/mol. The fourth-order valence-electron chi connectivity index (χ4n) is 1.77. The van der Waals surface area contributed by atoms with Crippen molar-refractivity contribution in [1.29, 1.82) is 0 Å². The zero-order valence-corrected chi connectivity index (χ0v) is 12.9. The highest BCUT2D eigenvalue weighted by Crippen LogP contribution is 2.13. The van der Waals surface area contributed by atoms with Gasteiger partial charge >= 0.3 is 0 Å². The third-order valence-electron chi connectivity index (χ3n) is 2.88. The molecular weight excluding hydrogens is 294 g/mol. The quantitative estimate of drug-likeness (QED) is 0.273. The van der Waals surface area contributed by atoms with E-state index in [1.807, 2.05) is 6.92 Å². The molecule has 118 valence electrons.